The summed E-state index contributed by atoms with van der Waals surface area (Å²) in [5.74, 6) is 1.61. The number of imidazole rings is 1. The number of piperazine rings is 1. The Morgan fingerprint density at radius 1 is 0.857 bits per heavy atom. The molecule has 0 radical (unpaired) electrons. The molecule has 0 aliphatic carbocycles. The lowest BCUT2D eigenvalue weighted by Gasteiger charge is -2.36. The Morgan fingerprint density at radius 3 is 2.31 bits per heavy atom. The number of ether oxygens (including phenoxy) is 1. The second-order valence-electron chi connectivity index (χ2n) is 10.4. The van der Waals surface area contributed by atoms with Crippen LogP contribution in [-0.4, -0.2) is 62.6 Å². The maximum atomic E-state index is 12.5. The molecule has 8 nitrogen and oxygen atoms in total. The Labute approximate surface area is 247 Å². The van der Waals surface area contributed by atoms with Crippen molar-refractivity contribution in [2.75, 3.05) is 49.0 Å². The van der Waals surface area contributed by atoms with E-state index in [1.165, 1.54) is 11.3 Å². The molecule has 2 heterocycles. The van der Waals surface area contributed by atoms with E-state index in [1.54, 1.807) is 54.6 Å². The van der Waals surface area contributed by atoms with Gasteiger partial charge in [0.25, 0.3) is 10.0 Å². The van der Waals surface area contributed by atoms with Crippen molar-refractivity contribution in [3.05, 3.63) is 103 Å². The van der Waals surface area contributed by atoms with Gasteiger partial charge >= 0.3 is 0 Å². The van der Waals surface area contributed by atoms with Gasteiger partial charge in [-0.3, -0.25) is 9.62 Å². The average molecular weight is 582 g/mol. The minimum atomic E-state index is -3.62. The summed E-state index contributed by atoms with van der Waals surface area (Å²) in [6, 6.07) is 30.3. The van der Waals surface area contributed by atoms with Crippen molar-refractivity contribution in [3.63, 3.8) is 0 Å². The van der Waals surface area contributed by atoms with Gasteiger partial charge < -0.3 is 14.6 Å². The molecule has 2 N–H and O–H groups in total. The number of nitrogens with zero attached hydrogens (tertiary/aromatic N) is 3. The third-order valence-corrected chi connectivity index (χ3v) is 9.07. The molecule has 0 atom stereocenters. The molecule has 0 saturated carbocycles. The van der Waals surface area contributed by atoms with Crippen molar-refractivity contribution in [1.29, 1.82) is 0 Å². The van der Waals surface area contributed by atoms with Gasteiger partial charge in [-0.2, -0.15) is 0 Å². The van der Waals surface area contributed by atoms with Crippen molar-refractivity contribution in [3.8, 4) is 17.1 Å². The van der Waals surface area contributed by atoms with Gasteiger partial charge in [-0.1, -0.05) is 55.5 Å². The van der Waals surface area contributed by atoms with Crippen LogP contribution in [0.25, 0.3) is 22.4 Å². The van der Waals surface area contributed by atoms with Crippen molar-refractivity contribution in [1.82, 2.24) is 14.9 Å². The van der Waals surface area contributed by atoms with Crippen LogP contribution in [0.15, 0.2) is 102 Å². The van der Waals surface area contributed by atoms with Gasteiger partial charge in [0.05, 0.1) is 16.1 Å². The highest BCUT2D eigenvalue weighted by atomic mass is 32.2. The molecule has 1 aliphatic rings. The van der Waals surface area contributed by atoms with Gasteiger partial charge in [0, 0.05) is 44.0 Å². The molecule has 4 aromatic carbocycles. The standard InChI is InChI=1S/C33H35N5O3S/c1-2-25-11-13-26(14-12-25)33-34-30-9-6-10-31(32(30)35-33)38-21-19-37(20-22-38)23-24-41-28-17-15-27(16-18-28)36-42(39,40)29-7-4-3-5-8-29/h3-18,36H,2,19-24H2,1H3,(H,34,35). The largest absolute Gasteiger partial charge is 0.492 e. The van der Waals surface area contributed by atoms with E-state index in [-0.39, 0.29) is 4.90 Å². The molecule has 1 aromatic heterocycles. The number of aryl methyl sites for hydroxylation is 1. The van der Waals surface area contributed by atoms with Gasteiger partial charge in [-0.25, -0.2) is 13.4 Å². The van der Waals surface area contributed by atoms with Crippen LogP contribution in [0.1, 0.15) is 12.5 Å². The summed E-state index contributed by atoms with van der Waals surface area (Å²) < 4.78 is 33.6. The van der Waals surface area contributed by atoms with E-state index in [9.17, 15) is 8.42 Å². The first-order valence-electron chi connectivity index (χ1n) is 14.3. The SMILES string of the molecule is CCc1ccc(-c2nc3c(N4CCN(CCOc5ccc(NS(=O)(=O)c6ccccc6)cc5)CC4)cccc3[nH]2)cc1. The van der Waals surface area contributed by atoms with Crippen LogP contribution < -0.4 is 14.4 Å². The summed E-state index contributed by atoms with van der Waals surface area (Å²) in [5.41, 5.74) is 6.15. The monoisotopic (exact) mass is 581 g/mol. The highest BCUT2D eigenvalue weighted by Crippen LogP contribution is 2.29. The zero-order valence-electron chi connectivity index (χ0n) is 23.7. The van der Waals surface area contributed by atoms with Gasteiger partial charge in [-0.15, -0.1) is 0 Å². The smallest absolute Gasteiger partial charge is 0.261 e. The quantitative estimate of drug-likeness (QED) is 0.217. The van der Waals surface area contributed by atoms with E-state index in [0.29, 0.717) is 18.0 Å². The molecule has 1 saturated heterocycles. The zero-order valence-corrected chi connectivity index (χ0v) is 24.5. The van der Waals surface area contributed by atoms with E-state index < -0.39 is 10.0 Å². The molecule has 6 rings (SSSR count). The minimum absolute atomic E-state index is 0.230. The number of hydrogen-bond acceptors (Lipinski definition) is 6. The molecule has 9 heteroatoms. The van der Waals surface area contributed by atoms with Crippen molar-refractivity contribution < 1.29 is 13.2 Å². The number of aromatic amines is 1. The predicted octanol–water partition coefficient (Wildman–Crippen LogP) is 5.79. The number of anilines is 2. The average Bonchev–Trinajstić information content (AvgIpc) is 3.47. The number of rotatable bonds is 10. The number of aromatic nitrogens is 2. The number of nitrogens with one attached hydrogen (secondary N) is 2. The highest BCUT2D eigenvalue weighted by Gasteiger charge is 2.20. The molecule has 0 bridgehead atoms. The van der Waals surface area contributed by atoms with Crippen LogP contribution in [0, 0.1) is 0 Å². The van der Waals surface area contributed by atoms with Gasteiger partial charge in [0.15, 0.2) is 0 Å². The van der Waals surface area contributed by atoms with E-state index in [2.05, 4.69) is 68.9 Å². The van der Waals surface area contributed by atoms with Crippen LogP contribution in [-0.2, 0) is 16.4 Å². The van der Waals surface area contributed by atoms with E-state index in [0.717, 1.165) is 61.6 Å². The maximum Gasteiger partial charge on any atom is 0.261 e. The first kappa shape index (κ1) is 27.8. The normalized spacial score (nSPS) is 14.3. The second kappa shape index (κ2) is 12.3. The minimum Gasteiger partial charge on any atom is -0.492 e. The fraction of sp³-hybridized carbons (Fsp3) is 0.242. The van der Waals surface area contributed by atoms with Crippen LogP contribution >= 0.6 is 0 Å². The Hall–Kier alpha value is -4.34. The first-order valence-corrected chi connectivity index (χ1v) is 15.8. The summed E-state index contributed by atoms with van der Waals surface area (Å²) in [5, 5.41) is 0. The van der Waals surface area contributed by atoms with Crippen LogP contribution in [0.3, 0.4) is 0 Å². The molecular formula is C33H35N5O3S. The van der Waals surface area contributed by atoms with Gasteiger partial charge in [-0.05, 0) is 60.5 Å². The molecule has 216 valence electrons. The Kier molecular flexibility index (Phi) is 8.12. The lowest BCUT2D eigenvalue weighted by molar-refractivity contribution is 0.200. The second-order valence-corrected chi connectivity index (χ2v) is 12.1. The third kappa shape index (κ3) is 6.27. The topological polar surface area (TPSA) is 90.6 Å². The summed E-state index contributed by atoms with van der Waals surface area (Å²) in [6.45, 7) is 7.26. The fourth-order valence-electron chi connectivity index (χ4n) is 5.25. The van der Waals surface area contributed by atoms with E-state index in [4.69, 9.17) is 9.72 Å². The van der Waals surface area contributed by atoms with Crippen LogP contribution in [0.5, 0.6) is 5.75 Å². The fourth-order valence-corrected chi connectivity index (χ4v) is 6.32. The Balaban J connectivity index is 1.00. The molecule has 5 aromatic rings. The number of benzene rings is 4. The van der Waals surface area contributed by atoms with E-state index >= 15 is 0 Å². The molecular weight excluding hydrogens is 546 g/mol. The van der Waals surface area contributed by atoms with Gasteiger partial charge in [0.1, 0.15) is 23.7 Å². The predicted molar refractivity (Wildman–Crippen MR) is 169 cm³/mol. The molecule has 1 aliphatic heterocycles. The lowest BCUT2D eigenvalue weighted by atomic mass is 10.1. The van der Waals surface area contributed by atoms with Crippen LogP contribution in [0.4, 0.5) is 11.4 Å². The summed E-state index contributed by atoms with van der Waals surface area (Å²) >= 11 is 0. The van der Waals surface area contributed by atoms with Gasteiger partial charge in [0.2, 0.25) is 0 Å². The van der Waals surface area contributed by atoms with Crippen molar-refractivity contribution in [2.45, 2.75) is 18.2 Å². The van der Waals surface area contributed by atoms with Crippen molar-refractivity contribution >= 4 is 32.4 Å². The summed E-state index contributed by atoms with van der Waals surface area (Å²) in [6.07, 6.45) is 1.03. The number of H-pyrrole nitrogens is 1. The maximum absolute atomic E-state index is 12.5. The summed E-state index contributed by atoms with van der Waals surface area (Å²) in [7, 11) is -3.62. The lowest BCUT2D eigenvalue weighted by Crippen LogP contribution is -2.47. The third-order valence-electron chi connectivity index (χ3n) is 7.68. The highest BCUT2D eigenvalue weighted by molar-refractivity contribution is 7.92. The molecule has 1 fully saturated rings. The Bertz CT molecular complexity index is 1730. The summed E-state index contributed by atoms with van der Waals surface area (Å²) in [4.78, 5) is 13.5. The molecule has 42 heavy (non-hydrogen) atoms. The number of para-hydroxylation sites is 1. The van der Waals surface area contributed by atoms with Crippen molar-refractivity contribution in [2.24, 2.45) is 0 Å². The first-order chi connectivity index (χ1) is 20.5. The zero-order chi connectivity index (χ0) is 28.9. The molecule has 0 amide bonds. The molecule has 0 spiro atoms. The number of fused-ring (bicyclic) bond motifs is 1. The van der Waals surface area contributed by atoms with E-state index in [1.807, 2.05) is 0 Å². The Morgan fingerprint density at radius 2 is 1.60 bits per heavy atom. The van der Waals surface area contributed by atoms with Crippen LogP contribution in [0.2, 0.25) is 0 Å². The molecule has 0 unspecified atom stereocenters. The number of hydrogen-bond donors (Lipinski definition) is 2. The number of sulfonamides is 1.